The van der Waals surface area contributed by atoms with Gasteiger partial charge in [0.1, 0.15) is 0 Å². The summed E-state index contributed by atoms with van der Waals surface area (Å²) in [5.41, 5.74) is 0. The van der Waals surface area contributed by atoms with Crippen LogP contribution >= 0.6 is 11.6 Å². The highest BCUT2D eigenvalue weighted by Gasteiger charge is 1.90. The van der Waals surface area contributed by atoms with E-state index in [1.807, 2.05) is 0 Å². The summed E-state index contributed by atoms with van der Waals surface area (Å²) in [6.45, 7) is 4.58. The molecule has 0 bridgehead atoms. The molecule has 122 valence electrons. The lowest BCUT2D eigenvalue weighted by Crippen LogP contribution is -1.84. The Bertz CT molecular complexity index is 274. The van der Waals surface area contributed by atoms with Crippen molar-refractivity contribution in [1.82, 2.24) is 0 Å². The summed E-state index contributed by atoms with van der Waals surface area (Å²) in [5, 5.41) is 0. The van der Waals surface area contributed by atoms with Gasteiger partial charge < -0.3 is 0 Å². The fraction of sp³-hybridized carbons (Fsp3) is 0.700. The lowest BCUT2D eigenvalue weighted by Gasteiger charge is -2.00. The average Bonchev–Trinajstić information content (AvgIpc) is 2.46. The van der Waals surface area contributed by atoms with Gasteiger partial charge in [-0.25, -0.2) is 0 Å². The Labute approximate surface area is 138 Å². The largest absolute Gasteiger partial charge is 0.127 e. The van der Waals surface area contributed by atoms with Gasteiger partial charge in [-0.15, -0.1) is 11.6 Å². The van der Waals surface area contributed by atoms with Gasteiger partial charge in [0.25, 0.3) is 0 Å². The molecular weight excluding hydrogens is 276 g/mol. The van der Waals surface area contributed by atoms with E-state index >= 15 is 0 Å². The first kappa shape index (κ1) is 20.5. The van der Waals surface area contributed by atoms with E-state index in [0.717, 1.165) is 24.6 Å². The molecule has 0 aromatic heterocycles. The Kier molecular flexibility index (Phi) is 17.2. The molecule has 0 aromatic rings. The van der Waals surface area contributed by atoms with Crippen molar-refractivity contribution >= 4 is 11.6 Å². The van der Waals surface area contributed by atoms with E-state index in [4.69, 9.17) is 11.6 Å². The first-order chi connectivity index (χ1) is 10.3. The fourth-order valence-electron chi connectivity index (χ4n) is 2.13. The Morgan fingerprint density at radius 2 is 1.19 bits per heavy atom. The van der Waals surface area contributed by atoms with Crippen LogP contribution in [0.5, 0.6) is 0 Å². The van der Waals surface area contributed by atoms with E-state index in [2.05, 4.69) is 50.3 Å². The minimum atomic E-state index is 0.812. The lowest BCUT2D eigenvalue weighted by molar-refractivity contribution is 0.559. The third kappa shape index (κ3) is 19.5. The van der Waals surface area contributed by atoms with Crippen molar-refractivity contribution in [3.05, 3.63) is 36.5 Å². The van der Waals surface area contributed by atoms with Gasteiger partial charge in [0.15, 0.2) is 0 Å². The van der Waals surface area contributed by atoms with Crippen LogP contribution in [0.1, 0.15) is 78.1 Å². The van der Waals surface area contributed by atoms with Crippen LogP contribution in [0.4, 0.5) is 0 Å². The number of hydrogen-bond acceptors (Lipinski definition) is 0. The van der Waals surface area contributed by atoms with Crippen molar-refractivity contribution < 1.29 is 0 Å². The molecule has 0 aliphatic carbocycles. The van der Waals surface area contributed by atoms with Gasteiger partial charge in [0.2, 0.25) is 0 Å². The molecule has 0 amide bonds. The van der Waals surface area contributed by atoms with Crippen LogP contribution in [0.15, 0.2) is 36.5 Å². The summed E-state index contributed by atoms with van der Waals surface area (Å²) >= 11 is 5.65. The summed E-state index contributed by atoms with van der Waals surface area (Å²) in [6.07, 6.45) is 26.1. The predicted octanol–water partition coefficient (Wildman–Crippen LogP) is 7.45. The van der Waals surface area contributed by atoms with Gasteiger partial charge in [-0.3, -0.25) is 0 Å². The smallest absolute Gasteiger partial charge is 0.0223 e. The maximum atomic E-state index is 5.65. The second-order valence-corrected chi connectivity index (χ2v) is 6.48. The van der Waals surface area contributed by atoms with Crippen molar-refractivity contribution in [3.63, 3.8) is 0 Å². The Hall–Kier alpha value is -0.490. The van der Waals surface area contributed by atoms with E-state index in [-0.39, 0.29) is 0 Å². The fourth-order valence-corrected chi connectivity index (χ4v) is 2.32. The van der Waals surface area contributed by atoms with Gasteiger partial charge >= 0.3 is 0 Å². The number of hydrogen-bond donors (Lipinski definition) is 0. The summed E-state index contributed by atoms with van der Waals surface area (Å²) in [4.78, 5) is 0. The minimum Gasteiger partial charge on any atom is -0.127 e. The second kappa shape index (κ2) is 17.6. The van der Waals surface area contributed by atoms with Crippen molar-refractivity contribution in [3.8, 4) is 0 Å². The molecule has 0 radical (unpaired) electrons. The molecule has 0 atom stereocenters. The number of rotatable bonds is 14. The van der Waals surface area contributed by atoms with Crippen LogP contribution in [-0.2, 0) is 0 Å². The first-order valence-corrected chi connectivity index (χ1v) is 9.31. The molecule has 0 heterocycles. The zero-order valence-electron chi connectivity index (χ0n) is 14.2. The van der Waals surface area contributed by atoms with Crippen molar-refractivity contribution in [2.75, 3.05) is 5.88 Å². The normalized spacial score (nSPS) is 12.6. The third-order valence-corrected chi connectivity index (χ3v) is 3.72. The summed E-state index contributed by atoms with van der Waals surface area (Å²) in [6, 6.07) is 0. The molecule has 0 unspecified atom stereocenters. The quantitative estimate of drug-likeness (QED) is 0.177. The highest BCUT2D eigenvalue weighted by atomic mass is 35.5. The second-order valence-electron chi connectivity index (χ2n) is 6.10. The number of alkyl halides is 1. The van der Waals surface area contributed by atoms with Crippen LogP contribution < -0.4 is 0 Å². The SMILES string of the molecule is CC(C)CCCC=CCC=CCC=CCCCCCCCl. The summed E-state index contributed by atoms with van der Waals surface area (Å²) in [5.74, 6) is 1.65. The van der Waals surface area contributed by atoms with E-state index < -0.39 is 0 Å². The van der Waals surface area contributed by atoms with Gasteiger partial charge in [-0.05, 0) is 50.9 Å². The van der Waals surface area contributed by atoms with E-state index in [1.165, 1.54) is 51.4 Å². The first-order valence-electron chi connectivity index (χ1n) is 8.78. The van der Waals surface area contributed by atoms with Crippen LogP contribution in [0.2, 0.25) is 0 Å². The molecule has 0 rings (SSSR count). The van der Waals surface area contributed by atoms with Gasteiger partial charge in [-0.1, -0.05) is 69.6 Å². The average molecular weight is 311 g/mol. The molecule has 0 nitrogen and oxygen atoms in total. The lowest BCUT2D eigenvalue weighted by atomic mass is 10.1. The van der Waals surface area contributed by atoms with Crippen molar-refractivity contribution in [2.45, 2.75) is 78.1 Å². The van der Waals surface area contributed by atoms with Crippen LogP contribution in [-0.4, -0.2) is 5.88 Å². The highest BCUT2D eigenvalue weighted by Crippen LogP contribution is 2.07. The Balaban J connectivity index is 3.29. The van der Waals surface area contributed by atoms with Crippen LogP contribution in [0.25, 0.3) is 0 Å². The van der Waals surface area contributed by atoms with Crippen molar-refractivity contribution in [2.24, 2.45) is 5.92 Å². The maximum absolute atomic E-state index is 5.65. The van der Waals surface area contributed by atoms with Gasteiger partial charge in [0.05, 0.1) is 0 Å². The molecule has 0 aliphatic heterocycles. The molecule has 0 saturated heterocycles. The molecule has 0 aliphatic rings. The van der Waals surface area contributed by atoms with Crippen LogP contribution in [0, 0.1) is 5.92 Å². The molecule has 0 N–H and O–H groups in total. The number of halogens is 1. The summed E-state index contributed by atoms with van der Waals surface area (Å²) < 4.78 is 0. The minimum absolute atomic E-state index is 0.812. The Morgan fingerprint density at radius 1 is 0.667 bits per heavy atom. The third-order valence-electron chi connectivity index (χ3n) is 3.45. The van der Waals surface area contributed by atoms with Crippen molar-refractivity contribution in [1.29, 1.82) is 0 Å². The monoisotopic (exact) mass is 310 g/mol. The van der Waals surface area contributed by atoms with E-state index in [1.54, 1.807) is 0 Å². The van der Waals surface area contributed by atoms with E-state index in [9.17, 15) is 0 Å². The zero-order chi connectivity index (χ0) is 15.6. The molecule has 21 heavy (non-hydrogen) atoms. The number of unbranched alkanes of at least 4 members (excludes halogenated alkanes) is 5. The van der Waals surface area contributed by atoms with E-state index in [0.29, 0.717) is 0 Å². The highest BCUT2D eigenvalue weighted by molar-refractivity contribution is 6.17. The van der Waals surface area contributed by atoms with Gasteiger partial charge in [0, 0.05) is 5.88 Å². The summed E-state index contributed by atoms with van der Waals surface area (Å²) in [7, 11) is 0. The number of allylic oxidation sites excluding steroid dienone is 6. The molecule has 0 saturated carbocycles. The predicted molar refractivity (Wildman–Crippen MR) is 99.1 cm³/mol. The topological polar surface area (TPSA) is 0 Å². The molecule has 0 spiro atoms. The molecule has 1 heteroatoms. The molecular formula is C20H35Cl. The Morgan fingerprint density at radius 3 is 1.76 bits per heavy atom. The van der Waals surface area contributed by atoms with Crippen LogP contribution in [0.3, 0.4) is 0 Å². The standard InChI is InChI=1S/C20H35Cl/c1-20(2)18-16-14-12-10-8-6-4-3-5-7-9-11-13-15-17-19-21/h4-7,10,12,20H,3,8-9,11,13-19H2,1-2H3. The zero-order valence-corrected chi connectivity index (χ0v) is 15.0. The molecule has 0 fully saturated rings. The van der Waals surface area contributed by atoms with Gasteiger partial charge in [-0.2, -0.15) is 0 Å². The molecule has 0 aromatic carbocycles. The maximum Gasteiger partial charge on any atom is 0.0223 e.